The van der Waals surface area contributed by atoms with E-state index < -0.39 is 0 Å². The molecular weight excluding hydrogens is 351 g/mol. The highest BCUT2D eigenvalue weighted by Gasteiger charge is 2.09. The number of hydrogen-bond donors (Lipinski definition) is 0. The average molecular weight is 365 g/mol. The van der Waals surface area contributed by atoms with Gasteiger partial charge in [0, 0.05) is 16.3 Å². The molecule has 0 radical (unpaired) electrons. The maximum absolute atomic E-state index is 12.8. The molecule has 0 fully saturated rings. The predicted octanol–water partition coefficient (Wildman–Crippen LogP) is 5.09. The van der Waals surface area contributed by atoms with E-state index in [0.29, 0.717) is 28.5 Å². The third-order valence-electron chi connectivity index (χ3n) is 3.07. The summed E-state index contributed by atoms with van der Waals surface area (Å²) in [5.74, 6) is 1.60. The van der Waals surface area contributed by atoms with Gasteiger partial charge in [-0.15, -0.1) is 10.2 Å². The number of aromatic nitrogens is 2. The van der Waals surface area contributed by atoms with Gasteiger partial charge in [-0.1, -0.05) is 29.4 Å². The van der Waals surface area contributed by atoms with Crippen molar-refractivity contribution in [1.82, 2.24) is 10.2 Å². The average Bonchev–Trinajstić information content (AvgIpc) is 3.05. The summed E-state index contributed by atoms with van der Waals surface area (Å²) in [7, 11) is 0. The van der Waals surface area contributed by atoms with Crippen LogP contribution in [0.1, 0.15) is 6.42 Å². The molecule has 0 atom stereocenters. The van der Waals surface area contributed by atoms with E-state index in [1.54, 1.807) is 24.3 Å². The fourth-order valence-electron chi connectivity index (χ4n) is 1.95. The largest absolute Gasteiger partial charge is 0.494 e. The quantitative estimate of drug-likeness (QED) is 0.431. The number of hydrogen-bond acceptors (Lipinski definition) is 5. The molecule has 4 nitrogen and oxygen atoms in total. The Hall–Kier alpha value is -2.05. The summed E-state index contributed by atoms with van der Waals surface area (Å²) >= 11 is 7.41. The first-order valence-electron chi connectivity index (χ1n) is 7.31. The molecule has 0 aliphatic rings. The van der Waals surface area contributed by atoms with Gasteiger partial charge in [0.25, 0.3) is 5.22 Å². The zero-order valence-electron chi connectivity index (χ0n) is 12.6. The van der Waals surface area contributed by atoms with Crippen LogP contribution in [0.15, 0.2) is 58.2 Å². The molecule has 3 aromatic rings. The molecule has 0 unspecified atom stereocenters. The standard InChI is InChI=1S/C17H14ClFN2O2S/c18-13-4-1-3-12(11-13)16-20-21-17(23-16)24-10-2-9-22-15-7-5-14(19)6-8-15/h1,3-8,11H,2,9-10H2. The molecule has 0 aliphatic carbocycles. The lowest BCUT2D eigenvalue weighted by Gasteiger charge is -2.04. The van der Waals surface area contributed by atoms with Crippen molar-refractivity contribution in [2.75, 3.05) is 12.4 Å². The second-order valence-corrected chi connectivity index (χ2v) is 6.37. The minimum atomic E-state index is -0.273. The first kappa shape index (κ1) is 16.8. The van der Waals surface area contributed by atoms with E-state index in [1.807, 2.05) is 12.1 Å². The molecule has 0 saturated heterocycles. The zero-order valence-corrected chi connectivity index (χ0v) is 14.2. The Morgan fingerprint density at radius 2 is 1.96 bits per heavy atom. The molecule has 3 rings (SSSR count). The van der Waals surface area contributed by atoms with Crippen molar-refractivity contribution in [2.45, 2.75) is 11.6 Å². The van der Waals surface area contributed by atoms with Crippen molar-refractivity contribution in [3.63, 3.8) is 0 Å². The summed E-state index contributed by atoms with van der Waals surface area (Å²) in [6, 6.07) is 13.2. The van der Waals surface area contributed by atoms with Gasteiger partial charge >= 0.3 is 0 Å². The van der Waals surface area contributed by atoms with Gasteiger partial charge in [0.1, 0.15) is 11.6 Å². The molecule has 24 heavy (non-hydrogen) atoms. The Labute approximate surface area is 148 Å². The van der Waals surface area contributed by atoms with E-state index in [4.69, 9.17) is 20.8 Å². The zero-order chi connectivity index (χ0) is 16.8. The SMILES string of the molecule is Fc1ccc(OCCCSc2nnc(-c3cccc(Cl)c3)o2)cc1. The van der Waals surface area contributed by atoms with Gasteiger partial charge in [-0.3, -0.25) is 0 Å². The lowest BCUT2D eigenvalue weighted by molar-refractivity contribution is 0.318. The van der Waals surface area contributed by atoms with Crippen LogP contribution in [-0.2, 0) is 0 Å². The van der Waals surface area contributed by atoms with Crippen LogP contribution in [0, 0.1) is 5.82 Å². The Balaban J connectivity index is 1.43. The van der Waals surface area contributed by atoms with E-state index in [1.165, 1.54) is 23.9 Å². The van der Waals surface area contributed by atoms with E-state index >= 15 is 0 Å². The van der Waals surface area contributed by atoms with Crippen LogP contribution in [0.2, 0.25) is 5.02 Å². The number of halogens is 2. The monoisotopic (exact) mass is 364 g/mol. The molecule has 7 heteroatoms. The molecule has 1 aromatic heterocycles. The van der Waals surface area contributed by atoms with Crippen LogP contribution >= 0.6 is 23.4 Å². The van der Waals surface area contributed by atoms with Crippen LogP contribution in [0.25, 0.3) is 11.5 Å². The van der Waals surface area contributed by atoms with E-state index in [0.717, 1.165) is 17.7 Å². The molecule has 0 N–H and O–H groups in total. The normalized spacial score (nSPS) is 10.8. The first-order chi connectivity index (χ1) is 11.7. The van der Waals surface area contributed by atoms with E-state index in [9.17, 15) is 4.39 Å². The Morgan fingerprint density at radius 1 is 1.12 bits per heavy atom. The number of rotatable bonds is 7. The van der Waals surface area contributed by atoms with Crippen molar-refractivity contribution >= 4 is 23.4 Å². The maximum Gasteiger partial charge on any atom is 0.276 e. The molecule has 124 valence electrons. The summed E-state index contributed by atoms with van der Waals surface area (Å²) < 4.78 is 23.9. The van der Waals surface area contributed by atoms with Gasteiger partial charge in [-0.25, -0.2) is 4.39 Å². The highest BCUT2D eigenvalue weighted by atomic mass is 35.5. The van der Waals surface area contributed by atoms with Crippen LogP contribution in [0.3, 0.4) is 0 Å². The van der Waals surface area contributed by atoms with Gasteiger partial charge in [0.05, 0.1) is 6.61 Å². The minimum Gasteiger partial charge on any atom is -0.494 e. The third kappa shape index (κ3) is 4.72. The second-order valence-electron chi connectivity index (χ2n) is 4.89. The molecule has 0 amide bonds. The number of ether oxygens (including phenoxy) is 1. The molecule has 1 heterocycles. The second kappa shape index (κ2) is 8.17. The lowest BCUT2D eigenvalue weighted by atomic mass is 10.2. The topological polar surface area (TPSA) is 48.2 Å². The van der Waals surface area contributed by atoms with Crippen LogP contribution < -0.4 is 4.74 Å². The van der Waals surface area contributed by atoms with Crippen molar-refractivity contribution in [3.05, 3.63) is 59.4 Å². The summed E-state index contributed by atoms with van der Waals surface area (Å²) in [4.78, 5) is 0. The summed E-state index contributed by atoms with van der Waals surface area (Å²) in [6.07, 6.45) is 0.803. The highest BCUT2D eigenvalue weighted by Crippen LogP contribution is 2.25. The van der Waals surface area contributed by atoms with Crippen molar-refractivity contribution in [2.24, 2.45) is 0 Å². The molecule has 0 saturated carbocycles. The van der Waals surface area contributed by atoms with Crippen molar-refractivity contribution < 1.29 is 13.5 Å². The fraction of sp³-hybridized carbons (Fsp3) is 0.176. The third-order valence-corrected chi connectivity index (χ3v) is 4.21. The van der Waals surface area contributed by atoms with Gasteiger partial charge in [0.2, 0.25) is 5.89 Å². The smallest absolute Gasteiger partial charge is 0.276 e. The summed E-state index contributed by atoms with van der Waals surface area (Å²) in [5.41, 5.74) is 0.793. The molecule has 2 aromatic carbocycles. The minimum absolute atomic E-state index is 0.273. The number of thioether (sulfide) groups is 1. The van der Waals surface area contributed by atoms with Crippen LogP contribution in [0.4, 0.5) is 4.39 Å². The van der Waals surface area contributed by atoms with E-state index in [-0.39, 0.29) is 5.82 Å². The maximum atomic E-state index is 12.8. The van der Waals surface area contributed by atoms with Crippen molar-refractivity contribution in [1.29, 1.82) is 0 Å². The fourth-order valence-corrected chi connectivity index (χ4v) is 2.81. The predicted molar refractivity (Wildman–Crippen MR) is 92.0 cm³/mol. The Bertz CT molecular complexity index is 795. The first-order valence-corrected chi connectivity index (χ1v) is 8.68. The number of benzene rings is 2. The molecule has 0 aliphatic heterocycles. The van der Waals surface area contributed by atoms with Gasteiger partial charge in [-0.05, 0) is 48.9 Å². The summed E-state index contributed by atoms with van der Waals surface area (Å²) in [5, 5.41) is 9.16. The van der Waals surface area contributed by atoms with E-state index in [2.05, 4.69) is 10.2 Å². The highest BCUT2D eigenvalue weighted by molar-refractivity contribution is 7.99. The summed E-state index contributed by atoms with van der Waals surface area (Å²) in [6.45, 7) is 0.536. The van der Waals surface area contributed by atoms with Crippen molar-refractivity contribution in [3.8, 4) is 17.2 Å². The lowest BCUT2D eigenvalue weighted by Crippen LogP contribution is -1.98. The van der Waals surface area contributed by atoms with Crippen LogP contribution in [0.5, 0.6) is 5.75 Å². The molecule has 0 bridgehead atoms. The van der Waals surface area contributed by atoms with Crippen LogP contribution in [-0.4, -0.2) is 22.6 Å². The molecule has 0 spiro atoms. The Morgan fingerprint density at radius 3 is 2.75 bits per heavy atom. The Kier molecular flexibility index (Phi) is 5.72. The van der Waals surface area contributed by atoms with Gasteiger partial charge < -0.3 is 9.15 Å². The van der Waals surface area contributed by atoms with Gasteiger partial charge in [0.15, 0.2) is 0 Å². The van der Waals surface area contributed by atoms with Gasteiger partial charge in [-0.2, -0.15) is 0 Å². The number of nitrogens with zero attached hydrogens (tertiary/aromatic N) is 2. The molecular formula is C17H14ClFN2O2S.